The topological polar surface area (TPSA) is 51.7 Å². The van der Waals surface area contributed by atoms with Gasteiger partial charge in [0.25, 0.3) is 0 Å². The number of aromatic nitrogens is 1. The van der Waals surface area contributed by atoms with Gasteiger partial charge in [-0.2, -0.15) is 0 Å². The van der Waals surface area contributed by atoms with Crippen LogP contribution in [0.1, 0.15) is 56.2 Å². The van der Waals surface area contributed by atoms with E-state index in [0.717, 1.165) is 40.4 Å². The van der Waals surface area contributed by atoms with Gasteiger partial charge in [-0.25, -0.2) is 9.78 Å². The van der Waals surface area contributed by atoms with Crippen molar-refractivity contribution in [3.05, 3.63) is 108 Å². The second kappa shape index (κ2) is 13.7. The number of piperidine rings is 1. The number of likely N-dealkylation sites (tertiary alicyclic amines) is 1. The summed E-state index contributed by atoms with van der Waals surface area (Å²) in [6.45, 7) is 7.39. The minimum absolute atomic E-state index is 0.126. The molecule has 2 unspecified atom stereocenters. The third kappa shape index (κ3) is 7.81. The molecule has 0 N–H and O–H groups in total. The van der Waals surface area contributed by atoms with Gasteiger partial charge in [0.05, 0.1) is 29.5 Å². The zero-order valence-corrected chi connectivity index (χ0v) is 27.3. The second-order valence-corrected chi connectivity index (χ2v) is 14.9. The van der Waals surface area contributed by atoms with Crippen molar-refractivity contribution in [1.82, 2.24) is 9.88 Å². The molecule has 1 saturated heterocycles. The summed E-state index contributed by atoms with van der Waals surface area (Å²) in [5.41, 5.74) is 4.31. The van der Waals surface area contributed by atoms with Crippen LogP contribution in [0.5, 0.6) is 0 Å². The molecule has 228 valence electrons. The SMILES string of the molecule is CC(C)(C)OC(=O)N1CCC(c2ccc(CCCSc3nc4ccccc4s3)cc2)C(OCc2ccc3ccccc3c2)C1. The van der Waals surface area contributed by atoms with Crippen molar-refractivity contribution >= 4 is 50.2 Å². The minimum atomic E-state index is -0.530. The third-order valence-electron chi connectivity index (χ3n) is 8.01. The Morgan fingerprint density at radius 2 is 1.70 bits per heavy atom. The molecule has 4 aromatic carbocycles. The summed E-state index contributed by atoms with van der Waals surface area (Å²) in [5.74, 6) is 1.26. The van der Waals surface area contributed by atoms with Crippen LogP contribution in [-0.2, 0) is 22.5 Å². The molecule has 1 fully saturated rings. The van der Waals surface area contributed by atoms with Crippen LogP contribution in [0.3, 0.4) is 0 Å². The number of ether oxygens (including phenoxy) is 2. The number of benzene rings is 4. The number of amides is 1. The molecule has 1 aromatic heterocycles. The number of carbonyl (C=O) groups excluding carboxylic acids is 1. The summed E-state index contributed by atoms with van der Waals surface area (Å²) in [6, 6.07) is 32.2. The predicted molar refractivity (Wildman–Crippen MR) is 183 cm³/mol. The van der Waals surface area contributed by atoms with Crippen LogP contribution in [0.4, 0.5) is 4.79 Å². The molecule has 0 radical (unpaired) electrons. The molecule has 1 amide bonds. The number of aryl methyl sites for hydroxylation is 1. The van der Waals surface area contributed by atoms with Crippen molar-refractivity contribution in [3.8, 4) is 0 Å². The Balaban J connectivity index is 1.09. The molecule has 5 nitrogen and oxygen atoms in total. The Labute approximate surface area is 268 Å². The Hall–Kier alpha value is -3.39. The maximum absolute atomic E-state index is 13.0. The van der Waals surface area contributed by atoms with Gasteiger partial charge in [0, 0.05) is 18.2 Å². The highest BCUT2D eigenvalue weighted by molar-refractivity contribution is 8.01. The molecule has 2 heterocycles. The van der Waals surface area contributed by atoms with E-state index >= 15 is 0 Å². The standard InChI is InChI=1S/C37H40N2O3S2/c1-37(2,3)42-36(40)39-21-20-31(33(24-39)41-25-27-16-17-28-10-4-5-11-30(28)23-27)29-18-14-26(15-19-29)9-8-22-43-35-38-32-12-6-7-13-34(32)44-35/h4-7,10-19,23,31,33H,8-9,20-22,24-25H2,1-3H3. The van der Waals surface area contributed by atoms with Crippen LogP contribution in [0.25, 0.3) is 21.0 Å². The van der Waals surface area contributed by atoms with Crippen LogP contribution in [-0.4, -0.2) is 46.5 Å². The minimum Gasteiger partial charge on any atom is -0.444 e. The average Bonchev–Trinajstić information content (AvgIpc) is 3.44. The van der Waals surface area contributed by atoms with Crippen LogP contribution >= 0.6 is 23.1 Å². The average molecular weight is 625 g/mol. The number of hydrogen-bond donors (Lipinski definition) is 0. The van der Waals surface area contributed by atoms with Crippen LogP contribution in [0.15, 0.2) is 95.3 Å². The zero-order valence-electron chi connectivity index (χ0n) is 25.7. The van der Waals surface area contributed by atoms with Crippen LogP contribution < -0.4 is 0 Å². The Morgan fingerprint density at radius 3 is 2.50 bits per heavy atom. The van der Waals surface area contributed by atoms with Crippen molar-refractivity contribution in [3.63, 3.8) is 0 Å². The Morgan fingerprint density at radius 1 is 0.955 bits per heavy atom. The summed E-state index contributed by atoms with van der Waals surface area (Å²) in [6.07, 6.45) is 2.58. The lowest BCUT2D eigenvalue weighted by Gasteiger charge is -2.39. The number of hydrogen-bond acceptors (Lipinski definition) is 6. The number of thioether (sulfide) groups is 1. The smallest absolute Gasteiger partial charge is 0.410 e. The lowest BCUT2D eigenvalue weighted by Crippen LogP contribution is -2.48. The van der Waals surface area contributed by atoms with E-state index in [1.807, 2.05) is 43.5 Å². The van der Waals surface area contributed by atoms with Crippen LogP contribution in [0, 0.1) is 0 Å². The number of thiazole rings is 1. The molecule has 2 atom stereocenters. The van der Waals surface area contributed by atoms with Gasteiger partial charge in [-0.05, 0) is 85.7 Å². The van der Waals surface area contributed by atoms with Crippen molar-refractivity contribution in [2.75, 3.05) is 18.8 Å². The first-order chi connectivity index (χ1) is 21.3. The highest BCUT2D eigenvalue weighted by Crippen LogP contribution is 2.33. The molecule has 0 aliphatic carbocycles. The molecule has 44 heavy (non-hydrogen) atoms. The van der Waals surface area contributed by atoms with E-state index in [1.165, 1.54) is 26.6 Å². The van der Waals surface area contributed by atoms with Gasteiger partial charge >= 0.3 is 6.09 Å². The molecular formula is C37H40N2O3S2. The highest BCUT2D eigenvalue weighted by Gasteiger charge is 2.35. The third-order valence-corrected chi connectivity index (χ3v) is 10.3. The number of para-hydroxylation sites is 1. The molecule has 5 aromatic rings. The van der Waals surface area contributed by atoms with Gasteiger partial charge in [-0.3, -0.25) is 0 Å². The lowest BCUT2D eigenvalue weighted by molar-refractivity contribution is -0.0359. The second-order valence-electron chi connectivity index (χ2n) is 12.5. The Bertz CT molecular complexity index is 1680. The first-order valence-electron chi connectivity index (χ1n) is 15.5. The quantitative estimate of drug-likeness (QED) is 0.121. The van der Waals surface area contributed by atoms with Crippen molar-refractivity contribution in [1.29, 1.82) is 0 Å². The Kier molecular flexibility index (Phi) is 9.55. The van der Waals surface area contributed by atoms with Crippen molar-refractivity contribution in [2.24, 2.45) is 0 Å². The van der Waals surface area contributed by atoms with Gasteiger partial charge in [0.1, 0.15) is 5.60 Å². The lowest BCUT2D eigenvalue weighted by atomic mass is 9.86. The summed E-state index contributed by atoms with van der Waals surface area (Å²) in [4.78, 5) is 19.5. The summed E-state index contributed by atoms with van der Waals surface area (Å²) in [5, 5.41) is 2.43. The summed E-state index contributed by atoms with van der Waals surface area (Å²) in [7, 11) is 0. The van der Waals surface area contributed by atoms with Crippen molar-refractivity contribution in [2.45, 2.75) is 68.6 Å². The van der Waals surface area contributed by atoms with Gasteiger partial charge in [0.15, 0.2) is 4.34 Å². The van der Waals surface area contributed by atoms with Gasteiger partial charge < -0.3 is 14.4 Å². The maximum atomic E-state index is 13.0. The predicted octanol–water partition coefficient (Wildman–Crippen LogP) is 9.48. The highest BCUT2D eigenvalue weighted by atomic mass is 32.2. The molecule has 1 aliphatic heterocycles. The van der Waals surface area contributed by atoms with E-state index in [2.05, 4.69) is 84.9 Å². The van der Waals surface area contributed by atoms with Gasteiger partial charge in [-0.1, -0.05) is 84.6 Å². The fourth-order valence-electron chi connectivity index (χ4n) is 5.77. The molecular weight excluding hydrogens is 585 g/mol. The van der Waals surface area contributed by atoms with E-state index in [9.17, 15) is 4.79 Å². The van der Waals surface area contributed by atoms with E-state index in [-0.39, 0.29) is 18.1 Å². The normalized spacial score (nSPS) is 17.3. The van der Waals surface area contributed by atoms with E-state index < -0.39 is 5.60 Å². The van der Waals surface area contributed by atoms with E-state index in [0.29, 0.717) is 19.7 Å². The molecule has 6 rings (SSSR count). The zero-order chi connectivity index (χ0) is 30.5. The van der Waals surface area contributed by atoms with E-state index in [1.54, 1.807) is 11.3 Å². The van der Waals surface area contributed by atoms with Crippen molar-refractivity contribution < 1.29 is 14.3 Å². The number of rotatable bonds is 9. The first kappa shape index (κ1) is 30.6. The molecule has 1 aliphatic rings. The first-order valence-corrected chi connectivity index (χ1v) is 17.3. The molecule has 0 bridgehead atoms. The fourth-order valence-corrected chi connectivity index (χ4v) is 7.85. The molecule has 0 saturated carbocycles. The maximum Gasteiger partial charge on any atom is 0.410 e. The largest absolute Gasteiger partial charge is 0.444 e. The number of nitrogens with zero attached hydrogens (tertiary/aromatic N) is 2. The fraction of sp³-hybridized carbons (Fsp3) is 0.351. The van der Waals surface area contributed by atoms with Gasteiger partial charge in [-0.15, -0.1) is 11.3 Å². The molecule has 7 heteroatoms. The summed E-state index contributed by atoms with van der Waals surface area (Å²) < 4.78 is 14.7. The monoisotopic (exact) mass is 624 g/mol. The number of fused-ring (bicyclic) bond motifs is 2. The van der Waals surface area contributed by atoms with Crippen LogP contribution in [0.2, 0.25) is 0 Å². The summed E-state index contributed by atoms with van der Waals surface area (Å²) >= 11 is 3.63. The van der Waals surface area contributed by atoms with Gasteiger partial charge in [0.2, 0.25) is 0 Å². The number of carbonyl (C=O) groups is 1. The molecule has 0 spiro atoms. The van der Waals surface area contributed by atoms with E-state index in [4.69, 9.17) is 14.5 Å².